The van der Waals surface area contributed by atoms with Crippen LogP contribution in [0, 0.1) is 0 Å². The molecule has 0 rings (SSSR count). The van der Waals surface area contributed by atoms with Crippen LogP contribution in [-0.2, 0) is 14.4 Å². The summed E-state index contributed by atoms with van der Waals surface area (Å²) in [5.74, 6) is -2.39. The van der Waals surface area contributed by atoms with Gasteiger partial charge in [0.1, 0.15) is 0 Å². The number of rotatable bonds is 21. The molecule has 0 atom stereocenters. The number of hydrogen-bond acceptors (Lipinski definition) is 3. The van der Waals surface area contributed by atoms with Crippen molar-refractivity contribution in [1.29, 1.82) is 0 Å². The third-order valence-corrected chi connectivity index (χ3v) is 5.03. The van der Waals surface area contributed by atoms with E-state index in [4.69, 9.17) is 15.3 Å². The predicted molar refractivity (Wildman–Crippen MR) is 121 cm³/mol. The van der Waals surface area contributed by atoms with Crippen LogP contribution in [0.1, 0.15) is 135 Å². The van der Waals surface area contributed by atoms with Gasteiger partial charge in [0.2, 0.25) is 0 Å². The molecule has 0 aromatic heterocycles. The van der Waals surface area contributed by atoms with Crippen LogP contribution in [0.3, 0.4) is 0 Å². The number of hydrogen-bond donors (Lipinski definition) is 3. The van der Waals surface area contributed by atoms with E-state index in [0.29, 0.717) is 19.3 Å². The molecule has 0 saturated heterocycles. The average molecular weight is 431 g/mol. The van der Waals surface area contributed by atoms with E-state index in [9.17, 15) is 14.4 Å². The van der Waals surface area contributed by atoms with Crippen LogP contribution in [0.4, 0.5) is 0 Å². The predicted octanol–water partition coefficient (Wildman–Crippen LogP) is 7.05. The van der Waals surface area contributed by atoms with Gasteiger partial charge in [0, 0.05) is 19.3 Å². The van der Waals surface area contributed by atoms with Crippen LogP contribution in [0.5, 0.6) is 0 Å². The average Bonchev–Trinajstić information content (AvgIpc) is 2.68. The molecule has 0 aromatic rings. The fourth-order valence-electron chi connectivity index (χ4n) is 3.20. The lowest BCUT2D eigenvalue weighted by Gasteiger charge is -2.03. The molecule has 6 heteroatoms. The summed E-state index contributed by atoms with van der Waals surface area (Å²) < 4.78 is 0. The van der Waals surface area contributed by atoms with Crippen LogP contribution < -0.4 is 0 Å². The Morgan fingerprint density at radius 1 is 0.400 bits per heavy atom. The molecule has 0 amide bonds. The van der Waals surface area contributed by atoms with Gasteiger partial charge >= 0.3 is 17.9 Å². The summed E-state index contributed by atoms with van der Waals surface area (Å²) in [4.78, 5) is 30.1. The van der Waals surface area contributed by atoms with E-state index < -0.39 is 17.9 Å². The quantitative estimate of drug-likeness (QED) is 0.168. The number of carboxylic acid groups (broad SMARTS) is 3. The number of aliphatic carboxylic acids is 3. The highest BCUT2D eigenvalue weighted by Crippen LogP contribution is 2.13. The Balaban J connectivity index is 0. The summed E-state index contributed by atoms with van der Waals surface area (Å²) in [6, 6.07) is 0. The molecule has 0 spiro atoms. The zero-order chi connectivity index (χ0) is 22.9. The topological polar surface area (TPSA) is 112 Å². The third kappa shape index (κ3) is 34.0. The fraction of sp³-hybridized carbons (Fsp3) is 0.875. The first-order valence-corrected chi connectivity index (χ1v) is 12.1. The Morgan fingerprint density at radius 2 is 0.600 bits per heavy atom. The lowest BCUT2D eigenvalue weighted by atomic mass is 10.0. The second-order valence-electron chi connectivity index (χ2n) is 8.09. The summed E-state index contributed by atoms with van der Waals surface area (Å²) in [7, 11) is 0. The fourth-order valence-corrected chi connectivity index (χ4v) is 3.20. The molecule has 0 aromatic carbocycles. The maximum absolute atomic E-state index is 10.3. The molecule has 6 nitrogen and oxygen atoms in total. The first-order chi connectivity index (χ1) is 14.4. The summed E-state index contributed by atoms with van der Waals surface area (Å²) in [6.07, 6.45) is 21.2. The first-order valence-electron chi connectivity index (χ1n) is 12.1. The molecule has 0 bridgehead atoms. The van der Waals surface area contributed by atoms with Crippen LogP contribution in [0.15, 0.2) is 0 Å². The van der Waals surface area contributed by atoms with Gasteiger partial charge in [-0.25, -0.2) is 0 Å². The van der Waals surface area contributed by atoms with Crippen LogP contribution in [0.25, 0.3) is 0 Å². The normalized spacial score (nSPS) is 10.3. The van der Waals surface area contributed by atoms with Crippen molar-refractivity contribution in [3.8, 4) is 0 Å². The molecule has 0 aliphatic rings. The highest BCUT2D eigenvalue weighted by atomic mass is 16.4. The highest BCUT2D eigenvalue weighted by molar-refractivity contribution is 5.68. The monoisotopic (exact) mass is 430 g/mol. The van der Waals surface area contributed by atoms with Gasteiger partial charge in [-0.2, -0.15) is 0 Å². The van der Waals surface area contributed by atoms with Gasteiger partial charge in [0.25, 0.3) is 0 Å². The van der Waals surface area contributed by atoms with Crippen molar-refractivity contribution >= 4 is 17.9 Å². The minimum Gasteiger partial charge on any atom is -0.481 e. The zero-order valence-corrected chi connectivity index (χ0v) is 19.2. The van der Waals surface area contributed by atoms with Gasteiger partial charge in [-0.3, -0.25) is 14.4 Å². The maximum Gasteiger partial charge on any atom is 0.303 e. The maximum atomic E-state index is 10.3. The van der Waals surface area contributed by atoms with E-state index in [1.165, 1.54) is 83.5 Å². The molecule has 0 radical (unpaired) electrons. The minimum atomic E-state index is -0.870. The van der Waals surface area contributed by atoms with Crippen molar-refractivity contribution in [3.63, 3.8) is 0 Å². The summed E-state index contributed by atoms with van der Waals surface area (Å²) >= 11 is 0. The second kappa shape index (κ2) is 25.4. The van der Waals surface area contributed by atoms with E-state index in [1.807, 2.05) is 0 Å². The standard InChI is InChI=1S/C18H36O2.C6H10O4/c1-2-3-4-5-6-7-8-9-10-11-12-13-14-15-16-17-18(19)20;7-5(8)3-1-2-4-6(9)10/h2-17H2,1H3,(H,19,20);1-4H2,(H,7,8)(H,9,10). The van der Waals surface area contributed by atoms with Gasteiger partial charge in [-0.1, -0.05) is 96.8 Å². The van der Waals surface area contributed by atoms with Gasteiger partial charge < -0.3 is 15.3 Å². The minimum absolute atomic E-state index is 0.0628. The molecule has 178 valence electrons. The Labute approximate surface area is 183 Å². The summed E-state index contributed by atoms with van der Waals surface area (Å²) in [5, 5.41) is 24.8. The van der Waals surface area contributed by atoms with Gasteiger partial charge in [0.05, 0.1) is 0 Å². The van der Waals surface area contributed by atoms with E-state index in [2.05, 4.69) is 6.92 Å². The first kappa shape index (κ1) is 30.6. The summed E-state index contributed by atoms with van der Waals surface area (Å²) in [6.45, 7) is 2.27. The third-order valence-electron chi connectivity index (χ3n) is 5.03. The van der Waals surface area contributed by atoms with E-state index in [-0.39, 0.29) is 12.8 Å². The van der Waals surface area contributed by atoms with Gasteiger partial charge in [-0.15, -0.1) is 0 Å². The molecular weight excluding hydrogens is 384 g/mol. The largest absolute Gasteiger partial charge is 0.481 e. The zero-order valence-electron chi connectivity index (χ0n) is 19.2. The Bertz CT molecular complexity index is 393. The molecule has 0 aliphatic carbocycles. The molecular formula is C24H46O6. The summed E-state index contributed by atoms with van der Waals surface area (Å²) in [5.41, 5.74) is 0. The molecule has 0 unspecified atom stereocenters. The van der Waals surface area contributed by atoms with Crippen molar-refractivity contribution < 1.29 is 29.7 Å². The van der Waals surface area contributed by atoms with Crippen molar-refractivity contribution in [2.75, 3.05) is 0 Å². The molecule has 0 saturated carbocycles. The number of carbonyl (C=O) groups is 3. The number of unbranched alkanes of at least 4 members (excludes halogenated alkanes) is 15. The lowest BCUT2D eigenvalue weighted by molar-refractivity contribution is -0.139. The highest BCUT2D eigenvalue weighted by Gasteiger charge is 1.99. The van der Waals surface area contributed by atoms with Gasteiger partial charge in [-0.05, 0) is 19.3 Å². The smallest absolute Gasteiger partial charge is 0.303 e. The Kier molecular flexibility index (Phi) is 26.0. The van der Waals surface area contributed by atoms with E-state index in [0.717, 1.165) is 12.8 Å². The van der Waals surface area contributed by atoms with Crippen molar-refractivity contribution in [2.45, 2.75) is 135 Å². The SMILES string of the molecule is CCCCCCCCCCCCCCCCCC(=O)O.O=C(O)CCCCC(=O)O. The van der Waals surface area contributed by atoms with Gasteiger partial charge in [0.15, 0.2) is 0 Å². The second-order valence-corrected chi connectivity index (χ2v) is 8.09. The van der Waals surface area contributed by atoms with Crippen molar-refractivity contribution in [2.24, 2.45) is 0 Å². The Hall–Kier alpha value is -1.59. The number of carboxylic acids is 3. The van der Waals surface area contributed by atoms with E-state index >= 15 is 0 Å². The molecule has 0 aliphatic heterocycles. The van der Waals surface area contributed by atoms with Crippen LogP contribution in [0.2, 0.25) is 0 Å². The van der Waals surface area contributed by atoms with Crippen LogP contribution in [-0.4, -0.2) is 33.2 Å². The molecule has 3 N–H and O–H groups in total. The van der Waals surface area contributed by atoms with E-state index in [1.54, 1.807) is 0 Å². The Morgan fingerprint density at radius 3 is 0.833 bits per heavy atom. The van der Waals surface area contributed by atoms with Crippen molar-refractivity contribution in [3.05, 3.63) is 0 Å². The molecule has 0 heterocycles. The molecule has 30 heavy (non-hydrogen) atoms. The lowest BCUT2D eigenvalue weighted by Crippen LogP contribution is -1.97. The van der Waals surface area contributed by atoms with Crippen molar-refractivity contribution in [1.82, 2.24) is 0 Å². The molecule has 0 fully saturated rings. The van der Waals surface area contributed by atoms with Crippen LogP contribution >= 0.6 is 0 Å².